The zero-order valence-corrected chi connectivity index (χ0v) is 10.5. The van der Waals surface area contributed by atoms with E-state index in [2.05, 4.69) is 22.9 Å². The molecule has 2 atom stereocenters. The van der Waals surface area contributed by atoms with Gasteiger partial charge < -0.3 is 10.6 Å². The van der Waals surface area contributed by atoms with Gasteiger partial charge in [-0.25, -0.2) is 0 Å². The van der Waals surface area contributed by atoms with Crippen molar-refractivity contribution in [2.24, 2.45) is 11.7 Å². The Hall–Kier alpha value is -0.640. The first-order valence-electron chi connectivity index (χ1n) is 5.62. The third-order valence-corrected chi connectivity index (χ3v) is 3.19. The van der Waals surface area contributed by atoms with Crippen LogP contribution in [-0.4, -0.2) is 35.6 Å². The average Bonchev–Trinajstić information content (AvgIpc) is 2.57. The Morgan fingerprint density at radius 2 is 2.31 bits per heavy atom. The van der Waals surface area contributed by atoms with Gasteiger partial charge in [0.15, 0.2) is 0 Å². The van der Waals surface area contributed by atoms with Crippen LogP contribution in [0, 0.1) is 5.92 Å². The molecular weight excluding hydrogens is 222 g/mol. The summed E-state index contributed by atoms with van der Waals surface area (Å²) >= 11 is 0. The summed E-state index contributed by atoms with van der Waals surface area (Å²) in [4.78, 5) is 6.56. The molecule has 3 nitrogen and oxygen atoms in total. The van der Waals surface area contributed by atoms with E-state index in [0.717, 1.165) is 26.1 Å². The highest BCUT2D eigenvalue weighted by Crippen LogP contribution is 2.14. The smallest absolute Gasteiger partial charge is 0.0300 e. The number of nitrogens with zero attached hydrogens (tertiary/aromatic N) is 2. The Morgan fingerprint density at radius 3 is 2.88 bits per heavy atom. The molecule has 2 rings (SSSR count). The van der Waals surface area contributed by atoms with Crippen molar-refractivity contribution >= 4 is 12.4 Å². The molecule has 0 spiro atoms. The van der Waals surface area contributed by atoms with Crippen molar-refractivity contribution in [3.8, 4) is 0 Å². The van der Waals surface area contributed by atoms with Gasteiger partial charge in [0, 0.05) is 38.1 Å². The largest absolute Gasteiger partial charge is 0.326 e. The van der Waals surface area contributed by atoms with E-state index < -0.39 is 0 Å². The van der Waals surface area contributed by atoms with Crippen molar-refractivity contribution in [3.05, 3.63) is 30.1 Å². The molecule has 2 unspecified atom stereocenters. The van der Waals surface area contributed by atoms with Crippen molar-refractivity contribution in [3.63, 3.8) is 0 Å². The van der Waals surface area contributed by atoms with Crippen LogP contribution in [0.15, 0.2) is 24.5 Å². The molecule has 0 radical (unpaired) electrons. The summed E-state index contributed by atoms with van der Waals surface area (Å²) in [6, 6.07) is 4.49. The Labute approximate surface area is 103 Å². The van der Waals surface area contributed by atoms with E-state index in [0.29, 0.717) is 12.0 Å². The van der Waals surface area contributed by atoms with Crippen LogP contribution in [-0.2, 0) is 6.42 Å². The van der Waals surface area contributed by atoms with Crippen molar-refractivity contribution in [2.45, 2.75) is 19.4 Å². The van der Waals surface area contributed by atoms with E-state index in [1.54, 1.807) is 0 Å². The maximum absolute atomic E-state index is 5.98. The van der Waals surface area contributed by atoms with Gasteiger partial charge in [0.1, 0.15) is 0 Å². The van der Waals surface area contributed by atoms with E-state index in [1.807, 2.05) is 18.5 Å². The van der Waals surface area contributed by atoms with Gasteiger partial charge in [-0.2, -0.15) is 0 Å². The van der Waals surface area contributed by atoms with Crippen LogP contribution in [0.2, 0.25) is 0 Å². The molecule has 2 N–H and O–H groups in total. The first-order chi connectivity index (χ1) is 7.25. The summed E-state index contributed by atoms with van der Waals surface area (Å²) in [7, 11) is 0. The summed E-state index contributed by atoms with van der Waals surface area (Å²) < 4.78 is 0. The summed E-state index contributed by atoms with van der Waals surface area (Å²) in [6.07, 6.45) is 4.84. The van der Waals surface area contributed by atoms with Gasteiger partial charge in [-0.3, -0.25) is 4.98 Å². The number of halogens is 1. The number of nitrogens with two attached hydrogens (primary N) is 1. The van der Waals surface area contributed by atoms with Crippen LogP contribution in [0.25, 0.3) is 0 Å². The fourth-order valence-corrected chi connectivity index (χ4v) is 2.11. The lowest BCUT2D eigenvalue weighted by atomic mass is 10.1. The Kier molecular flexibility index (Phi) is 5.19. The molecule has 0 bridgehead atoms. The molecule has 1 aliphatic rings. The molecule has 1 aliphatic heterocycles. The van der Waals surface area contributed by atoms with Gasteiger partial charge in [-0.1, -0.05) is 13.0 Å². The molecule has 4 heteroatoms. The third-order valence-electron chi connectivity index (χ3n) is 3.19. The lowest BCUT2D eigenvalue weighted by molar-refractivity contribution is 0.331. The zero-order valence-electron chi connectivity index (χ0n) is 9.67. The number of rotatable bonds is 3. The molecular formula is C12H20ClN3. The number of pyridine rings is 1. The molecule has 2 heterocycles. The van der Waals surface area contributed by atoms with Crippen LogP contribution in [0.4, 0.5) is 0 Å². The van der Waals surface area contributed by atoms with E-state index in [4.69, 9.17) is 5.73 Å². The van der Waals surface area contributed by atoms with Gasteiger partial charge in [-0.05, 0) is 24.0 Å². The first-order valence-corrected chi connectivity index (χ1v) is 5.62. The average molecular weight is 242 g/mol. The van der Waals surface area contributed by atoms with Gasteiger partial charge >= 0.3 is 0 Å². The molecule has 16 heavy (non-hydrogen) atoms. The SMILES string of the molecule is CC1CN(CCc2cccnc2)CC1N.Cl. The lowest BCUT2D eigenvalue weighted by Crippen LogP contribution is -2.29. The van der Waals surface area contributed by atoms with Crippen LogP contribution in [0.1, 0.15) is 12.5 Å². The number of likely N-dealkylation sites (tertiary alicyclic amines) is 1. The van der Waals surface area contributed by atoms with E-state index >= 15 is 0 Å². The summed E-state index contributed by atoms with van der Waals surface area (Å²) in [5, 5.41) is 0. The molecule has 0 aromatic carbocycles. The predicted octanol–water partition coefficient (Wildman–Crippen LogP) is 1.32. The Balaban J connectivity index is 0.00000128. The van der Waals surface area contributed by atoms with Crippen molar-refractivity contribution < 1.29 is 0 Å². The van der Waals surface area contributed by atoms with Crippen LogP contribution in [0.3, 0.4) is 0 Å². The van der Waals surface area contributed by atoms with Gasteiger partial charge in [0.2, 0.25) is 0 Å². The minimum absolute atomic E-state index is 0. The third kappa shape index (κ3) is 3.44. The van der Waals surface area contributed by atoms with E-state index in [9.17, 15) is 0 Å². The first kappa shape index (κ1) is 13.4. The summed E-state index contributed by atoms with van der Waals surface area (Å²) in [6.45, 7) is 5.52. The highest BCUT2D eigenvalue weighted by molar-refractivity contribution is 5.85. The normalized spacial score (nSPS) is 25.4. The molecule has 0 amide bonds. The van der Waals surface area contributed by atoms with Crippen molar-refractivity contribution in [1.82, 2.24) is 9.88 Å². The molecule has 1 saturated heterocycles. The molecule has 90 valence electrons. The maximum Gasteiger partial charge on any atom is 0.0300 e. The monoisotopic (exact) mass is 241 g/mol. The second-order valence-electron chi connectivity index (χ2n) is 4.51. The van der Waals surface area contributed by atoms with Gasteiger partial charge in [-0.15, -0.1) is 12.4 Å². The number of hydrogen-bond donors (Lipinski definition) is 1. The highest BCUT2D eigenvalue weighted by atomic mass is 35.5. The number of aromatic nitrogens is 1. The molecule has 0 saturated carbocycles. The molecule has 1 aromatic heterocycles. The molecule has 1 fully saturated rings. The minimum atomic E-state index is 0. The Morgan fingerprint density at radius 1 is 1.50 bits per heavy atom. The second-order valence-corrected chi connectivity index (χ2v) is 4.51. The molecule has 1 aromatic rings. The Bertz CT molecular complexity index is 294. The zero-order chi connectivity index (χ0) is 10.7. The topological polar surface area (TPSA) is 42.2 Å². The van der Waals surface area contributed by atoms with E-state index in [1.165, 1.54) is 5.56 Å². The fraction of sp³-hybridized carbons (Fsp3) is 0.583. The van der Waals surface area contributed by atoms with Crippen molar-refractivity contribution in [2.75, 3.05) is 19.6 Å². The summed E-state index contributed by atoms with van der Waals surface area (Å²) in [5.41, 5.74) is 7.29. The predicted molar refractivity (Wildman–Crippen MR) is 68.8 cm³/mol. The molecule has 0 aliphatic carbocycles. The second kappa shape index (κ2) is 6.18. The lowest BCUT2D eigenvalue weighted by Gasteiger charge is -2.14. The van der Waals surface area contributed by atoms with Crippen LogP contribution < -0.4 is 5.73 Å². The minimum Gasteiger partial charge on any atom is -0.326 e. The standard InChI is InChI=1S/C12H19N3.ClH/c1-10-8-15(9-12(10)13)6-4-11-3-2-5-14-7-11;/h2-3,5,7,10,12H,4,6,8-9,13H2,1H3;1H. The van der Waals surface area contributed by atoms with Gasteiger partial charge in [0.25, 0.3) is 0 Å². The highest BCUT2D eigenvalue weighted by Gasteiger charge is 2.25. The van der Waals surface area contributed by atoms with Crippen molar-refractivity contribution in [1.29, 1.82) is 0 Å². The van der Waals surface area contributed by atoms with Gasteiger partial charge in [0.05, 0.1) is 0 Å². The van der Waals surface area contributed by atoms with Crippen LogP contribution in [0.5, 0.6) is 0 Å². The maximum atomic E-state index is 5.98. The quantitative estimate of drug-likeness (QED) is 0.868. The fourth-order valence-electron chi connectivity index (χ4n) is 2.11. The van der Waals surface area contributed by atoms with Crippen LogP contribution >= 0.6 is 12.4 Å². The summed E-state index contributed by atoms with van der Waals surface area (Å²) in [5.74, 6) is 0.638. The van der Waals surface area contributed by atoms with E-state index in [-0.39, 0.29) is 12.4 Å². The number of hydrogen-bond acceptors (Lipinski definition) is 3.